The summed E-state index contributed by atoms with van der Waals surface area (Å²) in [6.45, 7) is 5.21. The molecule has 5 rings (SSSR count). The largest absolute Gasteiger partial charge is 0.457 e. The van der Waals surface area contributed by atoms with Gasteiger partial charge in [-0.15, -0.1) is 0 Å². The highest BCUT2D eigenvalue weighted by atomic mass is 19.4. The number of hydrogen-bond acceptors (Lipinski definition) is 6. The zero-order chi connectivity index (χ0) is 28.6. The van der Waals surface area contributed by atoms with Gasteiger partial charge in [-0.1, -0.05) is 5.57 Å². The van der Waals surface area contributed by atoms with Crippen LogP contribution in [-0.2, 0) is 13.2 Å². The van der Waals surface area contributed by atoms with Gasteiger partial charge in [0.2, 0.25) is 5.95 Å². The van der Waals surface area contributed by atoms with Gasteiger partial charge in [0.1, 0.15) is 17.2 Å². The van der Waals surface area contributed by atoms with Gasteiger partial charge in [-0.25, -0.2) is 9.97 Å². The van der Waals surface area contributed by atoms with Gasteiger partial charge >= 0.3 is 6.18 Å². The summed E-state index contributed by atoms with van der Waals surface area (Å²) in [5.74, 6) is 1.32. The zero-order valence-electron chi connectivity index (χ0n) is 22.1. The van der Waals surface area contributed by atoms with Gasteiger partial charge in [0.25, 0.3) is 0 Å². The molecule has 40 heavy (non-hydrogen) atoms. The van der Waals surface area contributed by atoms with E-state index in [0.29, 0.717) is 40.1 Å². The molecule has 0 saturated heterocycles. The van der Waals surface area contributed by atoms with E-state index in [1.165, 1.54) is 18.2 Å². The predicted octanol–water partition coefficient (Wildman–Crippen LogP) is 7.37. The summed E-state index contributed by atoms with van der Waals surface area (Å²) < 4.78 is 49.2. The fourth-order valence-electron chi connectivity index (χ4n) is 4.18. The molecule has 11 heteroatoms. The monoisotopic (exact) mass is 546 g/mol. The third kappa shape index (κ3) is 5.58. The van der Waals surface area contributed by atoms with Gasteiger partial charge in [-0.3, -0.25) is 9.78 Å². The Hall–Kier alpha value is -4.93. The van der Waals surface area contributed by atoms with Crippen LogP contribution >= 0.6 is 0 Å². The summed E-state index contributed by atoms with van der Waals surface area (Å²) in [5, 5.41) is 2.94. The minimum Gasteiger partial charge on any atom is -0.457 e. The second-order valence-electron chi connectivity index (χ2n) is 9.51. The van der Waals surface area contributed by atoms with Crippen LogP contribution in [0.25, 0.3) is 22.6 Å². The number of fused-ring (bicyclic) bond motifs is 1. The lowest BCUT2D eigenvalue weighted by atomic mass is 10.0. The van der Waals surface area contributed by atoms with Crippen LogP contribution < -0.4 is 10.1 Å². The van der Waals surface area contributed by atoms with E-state index in [1.807, 2.05) is 13.0 Å². The first kappa shape index (κ1) is 26.7. The summed E-state index contributed by atoms with van der Waals surface area (Å²) in [4.78, 5) is 28.7. The zero-order valence-corrected chi connectivity index (χ0v) is 22.1. The van der Waals surface area contributed by atoms with E-state index in [9.17, 15) is 18.0 Å². The lowest BCUT2D eigenvalue weighted by Crippen LogP contribution is -2.13. The first-order valence-corrected chi connectivity index (χ1v) is 12.3. The van der Waals surface area contributed by atoms with Crippen LogP contribution in [0.3, 0.4) is 0 Å². The summed E-state index contributed by atoms with van der Waals surface area (Å²) >= 11 is 0. The maximum absolute atomic E-state index is 13.8. The predicted molar refractivity (Wildman–Crippen MR) is 146 cm³/mol. The number of benzene rings is 2. The number of anilines is 2. The Kier molecular flexibility index (Phi) is 6.88. The van der Waals surface area contributed by atoms with Crippen molar-refractivity contribution in [3.05, 3.63) is 89.4 Å². The number of aryl methyl sites for hydroxylation is 2. The number of imidazole rings is 2. The number of aromatic amines is 1. The number of nitrogens with zero attached hydrogens (tertiary/aromatic N) is 4. The number of halogens is 3. The highest BCUT2D eigenvalue weighted by molar-refractivity contribution is 6.06. The molecule has 2 aromatic carbocycles. The molecule has 2 N–H and O–H groups in total. The van der Waals surface area contributed by atoms with Crippen molar-refractivity contribution in [1.29, 1.82) is 0 Å². The number of aromatic nitrogens is 5. The fourth-order valence-corrected chi connectivity index (χ4v) is 4.18. The number of H-pyrrole nitrogens is 1. The molecule has 0 atom stereocenters. The molecule has 0 aliphatic carbocycles. The Bertz CT molecular complexity index is 1760. The molecule has 8 nitrogen and oxygen atoms in total. The van der Waals surface area contributed by atoms with Crippen LogP contribution in [-0.4, -0.2) is 30.3 Å². The molecule has 204 valence electrons. The Labute approximate surface area is 227 Å². The lowest BCUT2D eigenvalue weighted by Gasteiger charge is -2.14. The molecule has 3 heterocycles. The van der Waals surface area contributed by atoms with Crippen molar-refractivity contribution < 1.29 is 22.7 Å². The number of ketones is 1. The number of pyridine rings is 1. The number of hydrogen-bond donors (Lipinski definition) is 2. The minimum atomic E-state index is -4.71. The minimum absolute atomic E-state index is 0.147. The van der Waals surface area contributed by atoms with Gasteiger partial charge < -0.3 is 19.6 Å². The van der Waals surface area contributed by atoms with Crippen molar-refractivity contribution >= 4 is 28.5 Å². The molecule has 0 aliphatic heterocycles. The number of ether oxygens (including phenoxy) is 1. The van der Waals surface area contributed by atoms with Gasteiger partial charge in [0.05, 0.1) is 16.6 Å². The standard InChI is InChI=1S/C29H25F3N6O2/c1-16(2)11-26(39)21-7-5-18(12-22(21)29(30,31)32)36-28-37-23-13-19(6-8-25(23)38(28)4)40-20-9-10-33-24(14-20)27-34-15-17(3)35-27/h5-15H,1-4H3,(H,34,35)(H,36,37). The maximum atomic E-state index is 13.8. The van der Waals surface area contributed by atoms with Gasteiger partial charge in [0.15, 0.2) is 11.6 Å². The average molecular weight is 547 g/mol. The van der Waals surface area contributed by atoms with E-state index >= 15 is 0 Å². The second kappa shape index (κ2) is 10.3. The van der Waals surface area contributed by atoms with Crippen LogP contribution in [0.15, 0.2) is 72.6 Å². The molecule has 0 unspecified atom stereocenters. The highest BCUT2D eigenvalue weighted by Gasteiger charge is 2.35. The van der Waals surface area contributed by atoms with Crippen LogP contribution in [0, 0.1) is 6.92 Å². The molecule has 0 fully saturated rings. The number of alkyl halides is 3. The second-order valence-corrected chi connectivity index (χ2v) is 9.51. The van der Waals surface area contributed by atoms with E-state index in [0.717, 1.165) is 17.3 Å². The van der Waals surface area contributed by atoms with Crippen molar-refractivity contribution in [3.8, 4) is 23.0 Å². The van der Waals surface area contributed by atoms with Crippen LogP contribution in [0.2, 0.25) is 0 Å². The van der Waals surface area contributed by atoms with Crippen LogP contribution in [0.1, 0.15) is 35.5 Å². The third-order valence-corrected chi connectivity index (χ3v) is 6.03. The number of allylic oxidation sites excluding steroid dienone is 2. The summed E-state index contributed by atoms with van der Waals surface area (Å²) in [5.41, 5.74) is 2.18. The molecular formula is C29H25F3N6O2. The third-order valence-electron chi connectivity index (χ3n) is 6.03. The van der Waals surface area contributed by atoms with Gasteiger partial charge in [-0.2, -0.15) is 13.2 Å². The molecule has 0 bridgehead atoms. The van der Waals surface area contributed by atoms with Crippen LogP contribution in [0.4, 0.5) is 24.8 Å². The van der Waals surface area contributed by atoms with Gasteiger partial charge in [0, 0.05) is 48.5 Å². The van der Waals surface area contributed by atoms with Crippen molar-refractivity contribution in [1.82, 2.24) is 24.5 Å². The highest BCUT2D eigenvalue weighted by Crippen LogP contribution is 2.35. The van der Waals surface area contributed by atoms with Crippen molar-refractivity contribution in [3.63, 3.8) is 0 Å². The van der Waals surface area contributed by atoms with E-state index in [-0.39, 0.29) is 5.69 Å². The SMILES string of the molecule is CC(C)=CC(=O)c1ccc(Nc2nc3cc(Oc4ccnc(-c5ncc(C)[nH]5)c4)ccc3n2C)cc1C(F)(F)F. The number of carbonyl (C=O) groups is 1. The Balaban J connectivity index is 1.41. The average Bonchev–Trinajstić information content (AvgIpc) is 3.46. The molecule has 5 aromatic rings. The van der Waals surface area contributed by atoms with Crippen molar-refractivity contribution in [2.75, 3.05) is 5.32 Å². The maximum Gasteiger partial charge on any atom is 0.417 e. The smallest absolute Gasteiger partial charge is 0.417 e. The summed E-state index contributed by atoms with van der Waals surface area (Å²) in [6.07, 6.45) is -0.182. The summed E-state index contributed by atoms with van der Waals surface area (Å²) in [6, 6.07) is 12.3. The summed E-state index contributed by atoms with van der Waals surface area (Å²) in [7, 11) is 1.75. The first-order valence-electron chi connectivity index (χ1n) is 12.3. The van der Waals surface area contributed by atoms with Gasteiger partial charge in [-0.05, 0) is 63.2 Å². The van der Waals surface area contributed by atoms with E-state index < -0.39 is 23.1 Å². The van der Waals surface area contributed by atoms with E-state index in [4.69, 9.17) is 4.74 Å². The Morgan fingerprint density at radius 2 is 1.82 bits per heavy atom. The Morgan fingerprint density at radius 1 is 1.05 bits per heavy atom. The number of carbonyl (C=O) groups excluding carboxylic acids is 1. The lowest BCUT2D eigenvalue weighted by molar-refractivity contribution is -0.137. The first-order chi connectivity index (χ1) is 19.0. The topological polar surface area (TPSA) is 97.7 Å². The normalized spacial score (nSPS) is 11.5. The Morgan fingerprint density at radius 3 is 2.52 bits per heavy atom. The molecular weight excluding hydrogens is 521 g/mol. The number of rotatable bonds is 7. The molecule has 3 aromatic heterocycles. The molecule has 0 aliphatic rings. The van der Waals surface area contributed by atoms with E-state index in [1.54, 1.807) is 62.1 Å². The number of nitrogens with one attached hydrogen (secondary N) is 2. The van der Waals surface area contributed by atoms with Crippen molar-refractivity contribution in [2.45, 2.75) is 26.9 Å². The molecule has 0 spiro atoms. The van der Waals surface area contributed by atoms with Crippen molar-refractivity contribution in [2.24, 2.45) is 7.05 Å². The van der Waals surface area contributed by atoms with E-state index in [2.05, 4.69) is 25.3 Å². The fraction of sp³-hybridized carbons (Fsp3) is 0.172. The quantitative estimate of drug-likeness (QED) is 0.163. The molecule has 0 amide bonds. The molecule has 0 radical (unpaired) electrons. The molecule has 0 saturated carbocycles. The van der Waals surface area contributed by atoms with Crippen LogP contribution in [0.5, 0.6) is 11.5 Å².